The smallest absolute Gasteiger partial charge is 0.193 e. The Kier molecular flexibility index (Phi) is 7.58. The van der Waals surface area contributed by atoms with E-state index in [0.717, 1.165) is 35.8 Å². The van der Waals surface area contributed by atoms with Gasteiger partial charge in [0.25, 0.3) is 0 Å². The number of imidazole rings is 1. The number of nitrogens with one attached hydrogen (secondary N) is 1. The largest absolute Gasteiger partial charge is 0.356 e. The van der Waals surface area contributed by atoms with Crippen LogP contribution in [0.25, 0.3) is 5.65 Å². The summed E-state index contributed by atoms with van der Waals surface area (Å²) in [6, 6.07) is 10.6. The number of fused-ring (bicyclic) bond motifs is 1. The number of nitrogens with zero attached hydrogens (tertiary/aromatic N) is 4. The molecule has 0 spiro atoms. The fourth-order valence-electron chi connectivity index (χ4n) is 2.95. The number of halogens is 2. The summed E-state index contributed by atoms with van der Waals surface area (Å²) >= 11 is 0. The van der Waals surface area contributed by atoms with E-state index in [1.54, 1.807) is 19.2 Å². The summed E-state index contributed by atoms with van der Waals surface area (Å²) in [5.41, 5.74) is 4.25. The van der Waals surface area contributed by atoms with Crippen molar-refractivity contribution in [2.45, 2.75) is 19.9 Å². The van der Waals surface area contributed by atoms with Gasteiger partial charge in [-0.3, -0.25) is 4.99 Å². The molecule has 1 aromatic carbocycles. The van der Waals surface area contributed by atoms with Crippen LogP contribution in [0.5, 0.6) is 0 Å². The first-order valence-electron chi connectivity index (χ1n) is 8.66. The van der Waals surface area contributed by atoms with Crippen LogP contribution in [-0.2, 0) is 13.0 Å². The summed E-state index contributed by atoms with van der Waals surface area (Å²) in [7, 11) is 3.73. The lowest BCUT2D eigenvalue weighted by Crippen LogP contribution is -2.39. The number of rotatable bonds is 5. The molecule has 0 bridgehead atoms. The van der Waals surface area contributed by atoms with Gasteiger partial charge in [0, 0.05) is 46.0 Å². The van der Waals surface area contributed by atoms with Gasteiger partial charge in [-0.1, -0.05) is 18.2 Å². The van der Waals surface area contributed by atoms with Crippen LogP contribution in [0.4, 0.5) is 4.39 Å². The highest BCUT2D eigenvalue weighted by molar-refractivity contribution is 14.0. The average molecular weight is 481 g/mol. The highest BCUT2D eigenvalue weighted by Crippen LogP contribution is 2.10. The molecule has 0 saturated carbocycles. The molecule has 27 heavy (non-hydrogen) atoms. The highest BCUT2D eigenvalue weighted by Gasteiger charge is 2.08. The van der Waals surface area contributed by atoms with Crippen LogP contribution in [0.2, 0.25) is 0 Å². The molecule has 0 unspecified atom stereocenters. The molecular formula is C20H25FIN5. The van der Waals surface area contributed by atoms with Crippen LogP contribution < -0.4 is 5.32 Å². The zero-order valence-electron chi connectivity index (χ0n) is 15.8. The van der Waals surface area contributed by atoms with Crippen molar-refractivity contribution in [3.8, 4) is 0 Å². The second-order valence-electron chi connectivity index (χ2n) is 6.36. The van der Waals surface area contributed by atoms with Gasteiger partial charge >= 0.3 is 0 Å². The fraction of sp³-hybridized carbons (Fsp3) is 0.300. The summed E-state index contributed by atoms with van der Waals surface area (Å²) in [6.45, 7) is 3.47. The highest BCUT2D eigenvalue weighted by atomic mass is 127. The number of hydrogen-bond acceptors (Lipinski definition) is 2. The van der Waals surface area contributed by atoms with Gasteiger partial charge in [0.05, 0.1) is 5.69 Å². The molecule has 0 atom stereocenters. The molecule has 5 nitrogen and oxygen atoms in total. The molecule has 0 radical (unpaired) electrons. The molecule has 0 fully saturated rings. The Labute approximate surface area is 176 Å². The Hall–Kier alpha value is -2.16. The maximum Gasteiger partial charge on any atom is 0.193 e. The third kappa shape index (κ3) is 5.41. The van der Waals surface area contributed by atoms with Gasteiger partial charge in [0.1, 0.15) is 11.5 Å². The molecule has 0 amide bonds. The summed E-state index contributed by atoms with van der Waals surface area (Å²) < 4.78 is 15.1. The summed E-state index contributed by atoms with van der Waals surface area (Å²) in [6.07, 6.45) is 4.89. The van der Waals surface area contributed by atoms with E-state index in [9.17, 15) is 4.39 Å². The lowest BCUT2D eigenvalue weighted by atomic mass is 10.2. The lowest BCUT2D eigenvalue weighted by Gasteiger charge is -2.22. The summed E-state index contributed by atoms with van der Waals surface area (Å²) in [5, 5.41) is 3.36. The Bertz CT molecular complexity index is 904. The van der Waals surface area contributed by atoms with E-state index in [1.807, 2.05) is 24.2 Å². The fourth-order valence-corrected chi connectivity index (χ4v) is 2.95. The first-order chi connectivity index (χ1) is 12.6. The summed E-state index contributed by atoms with van der Waals surface area (Å²) in [4.78, 5) is 11.0. The quantitative estimate of drug-likeness (QED) is 0.344. The molecular weight excluding hydrogens is 456 g/mol. The van der Waals surface area contributed by atoms with Crippen molar-refractivity contribution in [2.75, 3.05) is 20.6 Å². The van der Waals surface area contributed by atoms with Gasteiger partial charge in [-0.05, 0) is 36.2 Å². The van der Waals surface area contributed by atoms with E-state index in [4.69, 9.17) is 0 Å². The van der Waals surface area contributed by atoms with Gasteiger partial charge in [-0.25, -0.2) is 9.37 Å². The van der Waals surface area contributed by atoms with Gasteiger partial charge in [-0.2, -0.15) is 0 Å². The zero-order chi connectivity index (χ0) is 18.5. The van der Waals surface area contributed by atoms with E-state index >= 15 is 0 Å². The van der Waals surface area contributed by atoms with Gasteiger partial charge < -0.3 is 14.6 Å². The topological polar surface area (TPSA) is 44.9 Å². The third-order valence-corrected chi connectivity index (χ3v) is 4.30. The maximum atomic E-state index is 13.0. The Balaban J connectivity index is 0.00000261. The first kappa shape index (κ1) is 21.1. The predicted octanol–water partition coefficient (Wildman–Crippen LogP) is 3.65. The van der Waals surface area contributed by atoms with E-state index in [0.29, 0.717) is 6.54 Å². The van der Waals surface area contributed by atoms with Crippen molar-refractivity contribution in [1.82, 2.24) is 19.6 Å². The standard InChI is InChI=1S/C20H24FN5.HI/c1-15-5-4-12-26-14-18(24-19(15)26)10-11-23-20(22-2)25(3)13-16-6-8-17(21)9-7-16;/h4-9,12,14H,10-11,13H2,1-3H3,(H,22,23);1H. The van der Waals surface area contributed by atoms with Crippen molar-refractivity contribution in [3.05, 3.63) is 71.4 Å². The van der Waals surface area contributed by atoms with Crippen LogP contribution in [0.3, 0.4) is 0 Å². The second-order valence-corrected chi connectivity index (χ2v) is 6.36. The van der Waals surface area contributed by atoms with Crippen molar-refractivity contribution in [3.63, 3.8) is 0 Å². The number of aryl methyl sites for hydroxylation is 1. The number of hydrogen-bond donors (Lipinski definition) is 1. The molecule has 2 heterocycles. The minimum atomic E-state index is -0.221. The van der Waals surface area contributed by atoms with Crippen LogP contribution >= 0.6 is 24.0 Å². The first-order valence-corrected chi connectivity index (χ1v) is 8.66. The minimum Gasteiger partial charge on any atom is -0.356 e. The predicted molar refractivity (Wildman–Crippen MR) is 118 cm³/mol. The Morgan fingerprint density at radius 2 is 2.00 bits per heavy atom. The molecule has 0 aliphatic heterocycles. The van der Waals surface area contributed by atoms with Crippen molar-refractivity contribution in [2.24, 2.45) is 4.99 Å². The van der Waals surface area contributed by atoms with Crippen molar-refractivity contribution >= 4 is 35.6 Å². The number of benzene rings is 1. The van der Waals surface area contributed by atoms with Gasteiger partial charge in [0.15, 0.2) is 5.96 Å². The molecule has 0 aliphatic carbocycles. The van der Waals surface area contributed by atoms with Crippen LogP contribution in [-0.4, -0.2) is 40.9 Å². The van der Waals surface area contributed by atoms with Crippen molar-refractivity contribution in [1.29, 1.82) is 0 Å². The van der Waals surface area contributed by atoms with Crippen molar-refractivity contribution < 1.29 is 4.39 Å². The van der Waals surface area contributed by atoms with E-state index < -0.39 is 0 Å². The molecule has 144 valence electrons. The molecule has 1 N–H and O–H groups in total. The van der Waals surface area contributed by atoms with Crippen LogP contribution in [0, 0.1) is 12.7 Å². The zero-order valence-corrected chi connectivity index (χ0v) is 18.1. The van der Waals surface area contributed by atoms with Crippen LogP contribution in [0.15, 0.2) is 53.8 Å². The summed E-state index contributed by atoms with van der Waals surface area (Å²) in [5.74, 6) is 0.580. The van der Waals surface area contributed by atoms with E-state index in [2.05, 4.69) is 38.9 Å². The van der Waals surface area contributed by atoms with E-state index in [1.165, 1.54) is 17.7 Å². The molecule has 3 aromatic rings. The lowest BCUT2D eigenvalue weighted by molar-refractivity contribution is 0.476. The van der Waals surface area contributed by atoms with Gasteiger partial charge in [0.2, 0.25) is 0 Å². The monoisotopic (exact) mass is 481 g/mol. The Morgan fingerprint density at radius 1 is 1.26 bits per heavy atom. The van der Waals surface area contributed by atoms with Crippen LogP contribution in [0.1, 0.15) is 16.8 Å². The molecule has 7 heteroatoms. The number of guanidine groups is 1. The third-order valence-electron chi connectivity index (χ3n) is 4.30. The number of aromatic nitrogens is 2. The van der Waals surface area contributed by atoms with E-state index in [-0.39, 0.29) is 29.8 Å². The molecule has 2 aromatic heterocycles. The maximum absolute atomic E-state index is 13.0. The SMILES string of the molecule is CN=C(NCCc1cn2cccc(C)c2n1)N(C)Cc1ccc(F)cc1.I. The normalized spacial score (nSPS) is 11.3. The molecule has 3 rings (SSSR count). The molecule has 0 saturated heterocycles. The molecule has 0 aliphatic rings. The van der Waals surface area contributed by atoms with Gasteiger partial charge in [-0.15, -0.1) is 24.0 Å². The number of aliphatic imine (C=N–C) groups is 1. The average Bonchev–Trinajstić information content (AvgIpc) is 3.05. The Morgan fingerprint density at radius 3 is 2.67 bits per heavy atom. The minimum absolute atomic E-state index is 0. The second kappa shape index (κ2) is 9.68. The number of pyridine rings is 1.